The van der Waals surface area contributed by atoms with Gasteiger partial charge in [0.25, 0.3) is 0 Å². The topological polar surface area (TPSA) is 12.9 Å². The number of hydrogen-bond acceptors (Lipinski definition) is 1. The van der Waals surface area contributed by atoms with E-state index in [9.17, 15) is 0 Å². The van der Waals surface area contributed by atoms with Crippen molar-refractivity contribution in [2.75, 3.05) is 0 Å². The molecule has 1 aliphatic carbocycles. The van der Waals surface area contributed by atoms with E-state index in [1.165, 1.54) is 63.1 Å². The molecule has 0 N–H and O–H groups in total. The molecule has 0 bridgehead atoms. The van der Waals surface area contributed by atoms with Crippen molar-refractivity contribution in [3.05, 3.63) is 77.5 Å². The molecule has 1 nitrogen and oxygen atoms in total. The first-order chi connectivity index (χ1) is 15.1. The average molecular weight is 422 g/mol. The Morgan fingerprint density at radius 2 is 1.31 bits per heavy atom. The van der Waals surface area contributed by atoms with Crippen molar-refractivity contribution >= 4 is 21.5 Å². The minimum absolute atomic E-state index is 0.355. The molecule has 3 aromatic carbocycles. The van der Waals surface area contributed by atoms with Crippen molar-refractivity contribution in [3.63, 3.8) is 0 Å². The van der Waals surface area contributed by atoms with Crippen molar-refractivity contribution in [2.24, 2.45) is 10.8 Å². The molecule has 0 atom stereocenters. The first-order valence-electron chi connectivity index (χ1n) is 12.0. The molecule has 0 amide bonds. The van der Waals surface area contributed by atoms with Gasteiger partial charge in [-0.05, 0) is 95.8 Å². The number of benzene rings is 3. The zero-order valence-electron chi connectivity index (χ0n) is 20.4. The standard InChI is InChI=1S/C31H35N/c1-20-13-21(2)15-22(14-20)29-28-16-27(23-17-30(3,4)19-31(5,6)18-23)25-10-8-7-9-24(25)26(28)11-12-32-29/h7-16,23H,17-19H2,1-6H3. The third-order valence-corrected chi connectivity index (χ3v) is 7.31. The van der Waals surface area contributed by atoms with Crippen molar-refractivity contribution in [1.82, 2.24) is 4.98 Å². The maximum absolute atomic E-state index is 4.91. The second-order valence-electron chi connectivity index (χ2n) is 11.8. The Bertz CT molecular complexity index is 1290. The first kappa shape index (κ1) is 21.2. The van der Waals surface area contributed by atoms with E-state index in [1.807, 2.05) is 6.20 Å². The van der Waals surface area contributed by atoms with E-state index in [2.05, 4.69) is 96.1 Å². The molecule has 4 aromatic rings. The van der Waals surface area contributed by atoms with E-state index in [1.54, 1.807) is 0 Å². The second-order valence-corrected chi connectivity index (χ2v) is 11.8. The number of fused-ring (bicyclic) bond motifs is 3. The molecule has 1 fully saturated rings. The lowest BCUT2D eigenvalue weighted by Gasteiger charge is -2.45. The lowest BCUT2D eigenvalue weighted by molar-refractivity contribution is 0.0974. The number of aryl methyl sites for hydroxylation is 2. The molecule has 1 aromatic heterocycles. The fourth-order valence-corrected chi connectivity index (χ4v) is 6.80. The average Bonchev–Trinajstić information content (AvgIpc) is 2.69. The van der Waals surface area contributed by atoms with Gasteiger partial charge in [-0.25, -0.2) is 0 Å². The Hall–Kier alpha value is -2.67. The molecule has 0 radical (unpaired) electrons. The van der Waals surface area contributed by atoms with Gasteiger partial charge in [0.15, 0.2) is 0 Å². The number of nitrogens with zero attached hydrogens (tertiary/aromatic N) is 1. The lowest BCUT2D eigenvalue weighted by atomic mass is 9.60. The molecule has 0 aliphatic heterocycles. The summed E-state index contributed by atoms with van der Waals surface area (Å²) in [4.78, 5) is 4.91. The van der Waals surface area contributed by atoms with Crippen LogP contribution in [0.25, 0.3) is 32.8 Å². The molecule has 5 rings (SSSR count). The summed E-state index contributed by atoms with van der Waals surface area (Å²) in [5.41, 5.74) is 7.12. The summed E-state index contributed by atoms with van der Waals surface area (Å²) in [5.74, 6) is 0.565. The van der Waals surface area contributed by atoms with Crippen LogP contribution >= 0.6 is 0 Å². The molecule has 0 spiro atoms. The summed E-state index contributed by atoms with van der Waals surface area (Å²) in [6.45, 7) is 14.2. The highest BCUT2D eigenvalue weighted by atomic mass is 14.7. The highest BCUT2D eigenvalue weighted by molar-refractivity contribution is 6.12. The Morgan fingerprint density at radius 1 is 0.719 bits per heavy atom. The molecule has 0 saturated heterocycles. The highest BCUT2D eigenvalue weighted by Crippen LogP contribution is 2.53. The summed E-state index contributed by atoms with van der Waals surface area (Å²) in [5, 5.41) is 5.36. The quantitative estimate of drug-likeness (QED) is 0.294. The number of rotatable bonds is 2. The largest absolute Gasteiger partial charge is 0.256 e. The van der Waals surface area contributed by atoms with Gasteiger partial charge in [0.05, 0.1) is 5.69 Å². The highest BCUT2D eigenvalue weighted by Gasteiger charge is 2.39. The van der Waals surface area contributed by atoms with E-state index < -0.39 is 0 Å². The van der Waals surface area contributed by atoms with Crippen molar-refractivity contribution in [3.8, 4) is 11.3 Å². The monoisotopic (exact) mass is 421 g/mol. The Labute approximate surface area is 192 Å². The fourth-order valence-electron chi connectivity index (χ4n) is 6.80. The van der Waals surface area contributed by atoms with Crippen LogP contribution in [0.15, 0.2) is 60.8 Å². The van der Waals surface area contributed by atoms with Gasteiger partial charge >= 0.3 is 0 Å². The molecule has 1 aliphatic rings. The first-order valence-corrected chi connectivity index (χ1v) is 12.0. The third kappa shape index (κ3) is 3.83. The van der Waals surface area contributed by atoms with Crippen LogP contribution < -0.4 is 0 Å². The van der Waals surface area contributed by atoms with Crippen LogP contribution in [-0.4, -0.2) is 4.98 Å². The smallest absolute Gasteiger partial charge is 0.0780 e. The van der Waals surface area contributed by atoms with Crippen molar-refractivity contribution in [2.45, 2.75) is 66.7 Å². The summed E-state index contributed by atoms with van der Waals surface area (Å²) < 4.78 is 0. The maximum atomic E-state index is 4.91. The van der Waals surface area contributed by atoms with Gasteiger partial charge < -0.3 is 0 Å². The number of hydrogen-bond donors (Lipinski definition) is 0. The van der Waals surface area contributed by atoms with Crippen LogP contribution in [0.1, 0.15) is 69.6 Å². The van der Waals surface area contributed by atoms with E-state index in [4.69, 9.17) is 4.98 Å². The molecule has 164 valence electrons. The number of aromatic nitrogens is 1. The Balaban J connectivity index is 1.80. The van der Waals surface area contributed by atoms with Gasteiger partial charge in [-0.2, -0.15) is 0 Å². The van der Waals surface area contributed by atoms with Crippen LogP contribution in [0.3, 0.4) is 0 Å². The molecule has 1 saturated carbocycles. The van der Waals surface area contributed by atoms with Crippen LogP contribution in [0.2, 0.25) is 0 Å². The number of pyridine rings is 1. The van der Waals surface area contributed by atoms with Gasteiger partial charge in [-0.1, -0.05) is 69.2 Å². The third-order valence-electron chi connectivity index (χ3n) is 7.31. The van der Waals surface area contributed by atoms with E-state index in [-0.39, 0.29) is 0 Å². The van der Waals surface area contributed by atoms with E-state index in [0.29, 0.717) is 16.7 Å². The van der Waals surface area contributed by atoms with Crippen LogP contribution in [0.4, 0.5) is 0 Å². The van der Waals surface area contributed by atoms with Crippen molar-refractivity contribution in [1.29, 1.82) is 0 Å². The summed E-state index contributed by atoms with van der Waals surface area (Å²) >= 11 is 0. The zero-order chi connectivity index (χ0) is 22.7. The molecule has 1 heterocycles. The minimum atomic E-state index is 0.355. The van der Waals surface area contributed by atoms with Crippen LogP contribution in [0, 0.1) is 24.7 Å². The molecule has 1 heteroatoms. The second kappa shape index (κ2) is 7.44. The predicted molar refractivity (Wildman–Crippen MR) is 138 cm³/mol. The van der Waals surface area contributed by atoms with Crippen LogP contribution in [0.5, 0.6) is 0 Å². The van der Waals surface area contributed by atoms with Gasteiger partial charge in [0.1, 0.15) is 0 Å². The normalized spacial score (nSPS) is 18.3. The molecular weight excluding hydrogens is 386 g/mol. The van der Waals surface area contributed by atoms with Gasteiger partial charge in [0.2, 0.25) is 0 Å². The van der Waals surface area contributed by atoms with Gasteiger partial charge in [-0.15, -0.1) is 0 Å². The minimum Gasteiger partial charge on any atom is -0.256 e. The molecule has 32 heavy (non-hydrogen) atoms. The molecular formula is C31H35N. The fraction of sp³-hybridized carbons (Fsp3) is 0.387. The predicted octanol–water partition coefficient (Wildman–Crippen LogP) is 8.99. The maximum Gasteiger partial charge on any atom is 0.0780 e. The van der Waals surface area contributed by atoms with Crippen molar-refractivity contribution < 1.29 is 0 Å². The summed E-state index contributed by atoms with van der Waals surface area (Å²) in [7, 11) is 0. The van der Waals surface area contributed by atoms with E-state index in [0.717, 1.165) is 5.69 Å². The van der Waals surface area contributed by atoms with Gasteiger partial charge in [0, 0.05) is 17.1 Å². The van der Waals surface area contributed by atoms with Crippen LogP contribution in [-0.2, 0) is 0 Å². The lowest BCUT2D eigenvalue weighted by Crippen LogP contribution is -2.33. The Morgan fingerprint density at radius 3 is 1.97 bits per heavy atom. The summed E-state index contributed by atoms with van der Waals surface area (Å²) in [6, 6.07) is 20.5. The van der Waals surface area contributed by atoms with E-state index >= 15 is 0 Å². The molecule has 0 unspecified atom stereocenters. The zero-order valence-corrected chi connectivity index (χ0v) is 20.4. The van der Waals surface area contributed by atoms with Gasteiger partial charge in [-0.3, -0.25) is 4.98 Å². The summed E-state index contributed by atoms with van der Waals surface area (Å²) in [6.07, 6.45) is 5.75. The SMILES string of the molecule is Cc1cc(C)cc(-c2nccc3c2cc(C2CC(C)(C)CC(C)(C)C2)c2ccccc23)c1. The Kier molecular flexibility index (Phi) is 4.93.